The van der Waals surface area contributed by atoms with Crippen molar-refractivity contribution in [3.8, 4) is 0 Å². The molecule has 4 atom stereocenters. The van der Waals surface area contributed by atoms with Crippen molar-refractivity contribution in [2.75, 3.05) is 20.6 Å². The maximum atomic E-state index is 14.1. The third-order valence-corrected chi connectivity index (χ3v) is 9.35. The topological polar surface area (TPSA) is 175 Å². The Kier molecular flexibility index (Phi) is 9.00. The van der Waals surface area contributed by atoms with Gasteiger partial charge in [0.2, 0.25) is 27.5 Å². The highest BCUT2D eigenvalue weighted by atomic mass is 32.2. The van der Waals surface area contributed by atoms with Gasteiger partial charge in [-0.15, -0.1) is 0 Å². The summed E-state index contributed by atoms with van der Waals surface area (Å²) in [6.45, 7) is 2.15. The Balaban J connectivity index is 1.99. The highest BCUT2D eigenvalue weighted by Crippen LogP contribution is 2.43. The number of aliphatic carboxylic acids is 1. The van der Waals surface area contributed by atoms with E-state index in [1.807, 2.05) is 12.1 Å². The summed E-state index contributed by atoms with van der Waals surface area (Å²) in [5.74, 6) is 0.370. The van der Waals surface area contributed by atoms with Gasteiger partial charge in [-0.05, 0) is 61.1 Å². The number of piperidine rings is 1. The van der Waals surface area contributed by atoms with Gasteiger partial charge in [0.15, 0.2) is 0 Å². The molecule has 2 aromatic rings. The molecular weight excluding hydrogens is 548 g/mol. The largest absolute Gasteiger partial charge is 0.478 e. The monoisotopic (exact) mass is 586 g/mol. The zero-order chi connectivity index (χ0) is 29.9. The van der Waals surface area contributed by atoms with E-state index >= 15 is 0 Å². The van der Waals surface area contributed by atoms with Gasteiger partial charge in [-0.25, -0.2) is 13.2 Å². The van der Waals surface area contributed by atoms with E-state index in [2.05, 4.69) is 15.1 Å². The number of benzene rings is 2. The average molecular weight is 587 g/mol. The molecule has 1 aliphatic carbocycles. The number of carboxylic acids is 1. The first kappa shape index (κ1) is 30.4. The molecule has 1 saturated carbocycles. The Hall–Kier alpha value is -3.55. The van der Waals surface area contributed by atoms with Gasteiger partial charge in [-0.2, -0.15) is 9.82 Å². The van der Waals surface area contributed by atoms with Crippen molar-refractivity contribution < 1.29 is 27.9 Å². The van der Waals surface area contributed by atoms with Crippen LogP contribution in [0.1, 0.15) is 39.0 Å². The molecule has 2 aromatic carbocycles. The normalized spacial score (nSPS) is 21.7. The summed E-state index contributed by atoms with van der Waals surface area (Å²) in [6.07, 6.45) is 3.25. The summed E-state index contributed by atoms with van der Waals surface area (Å²) in [5, 5.41) is 19.4. The molecule has 2 amide bonds. The summed E-state index contributed by atoms with van der Waals surface area (Å²) >= 11 is 0. The van der Waals surface area contributed by atoms with E-state index in [-0.39, 0.29) is 11.3 Å². The van der Waals surface area contributed by atoms with E-state index in [9.17, 15) is 27.9 Å². The molecule has 4 rings (SSSR count). The first-order valence-corrected chi connectivity index (χ1v) is 15.2. The number of carbonyl (C=O) groups is 3. The Morgan fingerprint density at radius 1 is 1.17 bits per heavy atom. The van der Waals surface area contributed by atoms with Gasteiger partial charge >= 0.3 is 5.97 Å². The van der Waals surface area contributed by atoms with Crippen LogP contribution in [0.2, 0.25) is 0 Å². The lowest BCUT2D eigenvalue weighted by molar-refractivity contribution is -0.174. The van der Waals surface area contributed by atoms with Crippen LogP contribution in [-0.4, -0.2) is 85.7 Å². The summed E-state index contributed by atoms with van der Waals surface area (Å²) in [5.41, 5.74) is -2.63. The van der Waals surface area contributed by atoms with Crippen LogP contribution >= 0.6 is 0 Å². The Labute approximate surface area is 240 Å². The highest BCUT2D eigenvalue weighted by molar-refractivity contribution is 7.89. The van der Waals surface area contributed by atoms with Crippen LogP contribution in [0.25, 0.3) is 10.8 Å². The van der Waals surface area contributed by atoms with Crippen molar-refractivity contribution in [2.45, 2.75) is 61.7 Å². The van der Waals surface area contributed by atoms with E-state index in [1.54, 1.807) is 25.1 Å². The van der Waals surface area contributed by atoms with Gasteiger partial charge in [0.1, 0.15) is 0 Å². The molecular formula is C28H38N6O6S. The molecule has 0 bridgehead atoms. The molecule has 13 heteroatoms. The predicted molar refractivity (Wildman–Crippen MR) is 154 cm³/mol. The number of fused-ring (bicyclic) bond motifs is 1. The second-order valence-corrected chi connectivity index (χ2v) is 12.5. The number of hydrazone groups is 1. The molecule has 0 radical (unpaired) electrons. The highest BCUT2D eigenvalue weighted by Gasteiger charge is 2.63. The number of nitrogens with two attached hydrogens (primary N) is 1. The van der Waals surface area contributed by atoms with Crippen LogP contribution in [0.15, 0.2) is 52.5 Å². The maximum absolute atomic E-state index is 14.1. The second-order valence-electron chi connectivity index (χ2n) is 10.8. The lowest BCUT2D eigenvalue weighted by atomic mass is 9.72. The molecule has 5 N–H and O–H groups in total. The van der Waals surface area contributed by atoms with E-state index < -0.39 is 57.4 Å². The molecule has 12 nitrogen and oxygen atoms in total. The smallest absolute Gasteiger partial charge is 0.346 e. The number of hydrogen-bond donors (Lipinski definition) is 4. The van der Waals surface area contributed by atoms with Crippen molar-refractivity contribution in [1.29, 1.82) is 0 Å². The van der Waals surface area contributed by atoms with Crippen LogP contribution in [0, 0.1) is 11.8 Å². The average Bonchev–Trinajstić information content (AvgIpc) is 3.78. The molecule has 0 spiro atoms. The Bertz CT molecular complexity index is 1440. The van der Waals surface area contributed by atoms with Crippen molar-refractivity contribution in [3.63, 3.8) is 0 Å². The Morgan fingerprint density at radius 2 is 1.85 bits per heavy atom. The minimum absolute atomic E-state index is 0.0806. The first-order valence-electron chi connectivity index (χ1n) is 13.7. The van der Waals surface area contributed by atoms with Gasteiger partial charge in [0.05, 0.1) is 10.8 Å². The van der Waals surface area contributed by atoms with Crippen molar-refractivity contribution in [1.82, 2.24) is 19.8 Å². The SMILES string of the molecule is CCC(=O)N(C1CC1)[C@](NS(=O)(=O)c1ccc2ccccc2c1)(C(=O)O)C(C(=O)N(C)C)C1CCCN[C@@H]1C=NN. The van der Waals surface area contributed by atoms with Crippen LogP contribution in [0.5, 0.6) is 0 Å². The number of sulfonamides is 1. The summed E-state index contributed by atoms with van der Waals surface area (Å²) in [7, 11) is -1.64. The van der Waals surface area contributed by atoms with Crippen LogP contribution in [0.4, 0.5) is 0 Å². The number of carboxylic acid groups (broad SMARTS) is 1. The van der Waals surface area contributed by atoms with Crippen LogP contribution in [-0.2, 0) is 24.4 Å². The summed E-state index contributed by atoms with van der Waals surface area (Å²) in [6, 6.07) is 10.4. The quantitative estimate of drug-likeness (QED) is 0.132. The fraction of sp³-hybridized carbons (Fsp3) is 0.500. The molecule has 2 unspecified atom stereocenters. The fourth-order valence-corrected chi connectivity index (χ4v) is 7.22. The molecule has 222 valence electrons. The van der Waals surface area contributed by atoms with E-state index in [1.165, 1.54) is 37.3 Å². The Morgan fingerprint density at radius 3 is 2.44 bits per heavy atom. The predicted octanol–water partition coefficient (Wildman–Crippen LogP) is 1.32. The van der Waals surface area contributed by atoms with Gasteiger partial charge in [-0.3, -0.25) is 9.59 Å². The number of amides is 2. The standard InChI is InChI=1S/C28H38N6O6S/c1-4-24(35)34(20-12-13-20)28(27(37)38,25(26(36)33(2)3)22-10-7-15-30-23(22)17-31-29)32-41(39,40)21-14-11-18-8-5-6-9-19(18)16-21/h5-6,8-9,11,14,16-17,20,22-23,25,30,32H,4,7,10,12-13,15,29H2,1-3H3,(H,37,38)/t22?,23-,25?,28+/m1/s1. The summed E-state index contributed by atoms with van der Waals surface area (Å²) in [4.78, 5) is 43.5. The van der Waals surface area contributed by atoms with E-state index in [0.717, 1.165) is 10.3 Å². The molecule has 2 aliphatic rings. The number of hydrogen-bond acceptors (Lipinski definition) is 8. The fourth-order valence-electron chi connectivity index (χ4n) is 5.85. The van der Waals surface area contributed by atoms with Crippen molar-refractivity contribution in [2.24, 2.45) is 22.8 Å². The van der Waals surface area contributed by atoms with E-state index in [0.29, 0.717) is 37.6 Å². The van der Waals surface area contributed by atoms with Gasteiger partial charge in [0, 0.05) is 38.8 Å². The van der Waals surface area contributed by atoms with E-state index in [4.69, 9.17) is 5.84 Å². The third kappa shape index (κ3) is 5.92. The molecule has 1 saturated heterocycles. The van der Waals surface area contributed by atoms with Crippen molar-refractivity contribution in [3.05, 3.63) is 42.5 Å². The van der Waals surface area contributed by atoms with Gasteiger partial charge in [0.25, 0.3) is 0 Å². The molecule has 0 aromatic heterocycles. The van der Waals surface area contributed by atoms with Crippen molar-refractivity contribution >= 4 is 44.8 Å². The number of rotatable bonds is 11. The maximum Gasteiger partial charge on any atom is 0.346 e. The molecule has 41 heavy (non-hydrogen) atoms. The summed E-state index contributed by atoms with van der Waals surface area (Å²) < 4.78 is 30.7. The number of nitrogens with zero attached hydrogens (tertiary/aromatic N) is 3. The van der Waals surface area contributed by atoms with Gasteiger partial charge in [-0.1, -0.05) is 37.3 Å². The van der Waals surface area contributed by atoms with Crippen LogP contribution in [0.3, 0.4) is 0 Å². The molecule has 2 fully saturated rings. The zero-order valence-electron chi connectivity index (χ0n) is 23.5. The number of nitrogens with one attached hydrogen (secondary N) is 2. The first-order chi connectivity index (χ1) is 19.5. The minimum atomic E-state index is -4.59. The zero-order valence-corrected chi connectivity index (χ0v) is 24.3. The number of carbonyl (C=O) groups excluding carboxylic acids is 2. The second kappa shape index (κ2) is 12.1. The lowest BCUT2D eigenvalue weighted by Crippen LogP contribution is -2.75. The molecule has 1 heterocycles. The van der Waals surface area contributed by atoms with Gasteiger partial charge < -0.3 is 26.1 Å². The van der Waals surface area contributed by atoms with Crippen LogP contribution < -0.4 is 15.9 Å². The minimum Gasteiger partial charge on any atom is -0.478 e. The third-order valence-electron chi connectivity index (χ3n) is 7.90. The lowest BCUT2D eigenvalue weighted by Gasteiger charge is -2.49. The molecule has 1 aliphatic heterocycles.